The van der Waals surface area contributed by atoms with E-state index in [1.54, 1.807) is 4.90 Å². The molecule has 0 spiro atoms. The van der Waals surface area contributed by atoms with Crippen LogP contribution >= 0.6 is 0 Å². The summed E-state index contributed by atoms with van der Waals surface area (Å²) in [4.78, 5) is 16.5. The van der Waals surface area contributed by atoms with Crippen LogP contribution in [-0.2, 0) is 6.54 Å². The van der Waals surface area contributed by atoms with Crippen molar-refractivity contribution in [2.75, 3.05) is 26.2 Å². The Morgan fingerprint density at radius 1 is 0.957 bits per heavy atom. The van der Waals surface area contributed by atoms with Crippen LogP contribution in [0.4, 0.5) is 0 Å². The molecule has 0 saturated carbocycles. The molecule has 2 N–H and O–H groups in total. The molecular formula is C18H20N2O3. The number of phenolic OH excluding ortho intramolecular Hbond substituents is 2. The van der Waals surface area contributed by atoms with Crippen LogP contribution in [0.2, 0.25) is 0 Å². The molecule has 0 aromatic heterocycles. The van der Waals surface area contributed by atoms with Crippen molar-refractivity contribution < 1.29 is 15.0 Å². The van der Waals surface area contributed by atoms with Crippen molar-refractivity contribution in [1.82, 2.24) is 9.80 Å². The second-order valence-corrected chi connectivity index (χ2v) is 5.76. The summed E-state index contributed by atoms with van der Waals surface area (Å²) in [7, 11) is 0. The van der Waals surface area contributed by atoms with E-state index in [1.807, 2.05) is 18.2 Å². The maximum Gasteiger partial charge on any atom is 0.257 e. The van der Waals surface area contributed by atoms with Gasteiger partial charge < -0.3 is 15.1 Å². The topological polar surface area (TPSA) is 64.0 Å². The van der Waals surface area contributed by atoms with Gasteiger partial charge in [-0.05, 0) is 23.8 Å². The molecule has 23 heavy (non-hydrogen) atoms. The molecule has 5 heteroatoms. The minimum atomic E-state index is -0.238. The van der Waals surface area contributed by atoms with Crippen molar-refractivity contribution in [3.63, 3.8) is 0 Å². The minimum Gasteiger partial charge on any atom is -0.508 e. The molecule has 2 aromatic carbocycles. The molecule has 120 valence electrons. The van der Waals surface area contributed by atoms with Crippen molar-refractivity contribution >= 4 is 5.91 Å². The highest BCUT2D eigenvalue weighted by Crippen LogP contribution is 2.24. The molecule has 1 aliphatic heterocycles. The van der Waals surface area contributed by atoms with Crippen LogP contribution in [0.1, 0.15) is 15.9 Å². The predicted molar refractivity (Wildman–Crippen MR) is 87.4 cm³/mol. The van der Waals surface area contributed by atoms with Gasteiger partial charge in [0.05, 0.1) is 5.56 Å². The highest BCUT2D eigenvalue weighted by molar-refractivity contribution is 5.97. The summed E-state index contributed by atoms with van der Waals surface area (Å²) in [5, 5.41) is 19.3. The molecule has 2 aromatic rings. The molecule has 1 saturated heterocycles. The van der Waals surface area contributed by atoms with Gasteiger partial charge in [-0.15, -0.1) is 0 Å². The van der Waals surface area contributed by atoms with Gasteiger partial charge in [-0.1, -0.05) is 30.3 Å². The highest BCUT2D eigenvalue weighted by atomic mass is 16.3. The summed E-state index contributed by atoms with van der Waals surface area (Å²) in [5.74, 6) is -0.355. The number of hydrogen-bond acceptors (Lipinski definition) is 4. The van der Waals surface area contributed by atoms with E-state index < -0.39 is 0 Å². The molecule has 0 atom stereocenters. The highest BCUT2D eigenvalue weighted by Gasteiger charge is 2.24. The van der Waals surface area contributed by atoms with Gasteiger partial charge in [0.1, 0.15) is 11.5 Å². The van der Waals surface area contributed by atoms with E-state index in [0.717, 1.165) is 19.6 Å². The lowest BCUT2D eigenvalue weighted by Gasteiger charge is -2.34. The summed E-state index contributed by atoms with van der Waals surface area (Å²) in [6.07, 6.45) is 0. The lowest BCUT2D eigenvalue weighted by atomic mass is 10.1. The quantitative estimate of drug-likeness (QED) is 0.852. The van der Waals surface area contributed by atoms with Gasteiger partial charge in [0.15, 0.2) is 0 Å². The first-order valence-electron chi connectivity index (χ1n) is 7.71. The Hall–Kier alpha value is -2.53. The fourth-order valence-corrected chi connectivity index (χ4v) is 2.82. The van der Waals surface area contributed by atoms with Crippen molar-refractivity contribution in [3.8, 4) is 11.5 Å². The lowest BCUT2D eigenvalue weighted by Crippen LogP contribution is -2.48. The molecule has 1 heterocycles. The number of nitrogens with zero attached hydrogens (tertiary/aromatic N) is 2. The number of amides is 1. The average Bonchev–Trinajstić information content (AvgIpc) is 2.58. The molecule has 1 fully saturated rings. The fraction of sp³-hybridized carbons (Fsp3) is 0.278. The zero-order valence-corrected chi connectivity index (χ0v) is 12.9. The third-order valence-electron chi connectivity index (χ3n) is 4.12. The number of benzene rings is 2. The van der Waals surface area contributed by atoms with E-state index in [9.17, 15) is 15.0 Å². The zero-order chi connectivity index (χ0) is 16.2. The zero-order valence-electron chi connectivity index (χ0n) is 12.9. The fourth-order valence-electron chi connectivity index (χ4n) is 2.82. The van der Waals surface area contributed by atoms with E-state index in [2.05, 4.69) is 17.0 Å². The van der Waals surface area contributed by atoms with Crippen LogP contribution in [0.3, 0.4) is 0 Å². The van der Waals surface area contributed by atoms with Gasteiger partial charge in [0.25, 0.3) is 5.91 Å². The van der Waals surface area contributed by atoms with E-state index in [0.29, 0.717) is 13.1 Å². The molecular weight excluding hydrogens is 292 g/mol. The first-order valence-corrected chi connectivity index (χ1v) is 7.71. The first-order chi connectivity index (χ1) is 11.1. The third-order valence-corrected chi connectivity index (χ3v) is 4.12. The smallest absolute Gasteiger partial charge is 0.257 e. The number of piperazine rings is 1. The molecule has 0 aliphatic carbocycles. The normalized spacial score (nSPS) is 15.6. The summed E-state index contributed by atoms with van der Waals surface area (Å²) in [6.45, 7) is 3.68. The SMILES string of the molecule is O=C(c1cc(O)ccc1O)N1CCN(Cc2ccccc2)CC1. The number of rotatable bonds is 3. The largest absolute Gasteiger partial charge is 0.508 e. The second-order valence-electron chi connectivity index (χ2n) is 5.76. The van der Waals surface area contributed by atoms with Gasteiger partial charge in [-0.25, -0.2) is 0 Å². The summed E-state index contributed by atoms with van der Waals surface area (Å²) < 4.78 is 0. The number of phenols is 2. The molecule has 0 bridgehead atoms. The Morgan fingerprint density at radius 3 is 2.35 bits per heavy atom. The van der Waals surface area contributed by atoms with E-state index in [1.165, 1.54) is 23.8 Å². The molecule has 1 amide bonds. The Balaban J connectivity index is 1.60. The van der Waals surface area contributed by atoms with Gasteiger partial charge in [0, 0.05) is 32.7 Å². The number of hydrogen-bond donors (Lipinski definition) is 2. The van der Waals surface area contributed by atoms with Crippen LogP contribution < -0.4 is 0 Å². The van der Waals surface area contributed by atoms with E-state index in [4.69, 9.17) is 0 Å². The van der Waals surface area contributed by atoms with Crippen LogP contribution in [0.5, 0.6) is 11.5 Å². The van der Waals surface area contributed by atoms with Gasteiger partial charge in [-0.2, -0.15) is 0 Å². The Kier molecular flexibility index (Phi) is 4.48. The van der Waals surface area contributed by atoms with Crippen molar-refractivity contribution in [1.29, 1.82) is 0 Å². The second kappa shape index (κ2) is 6.71. The standard InChI is InChI=1S/C18H20N2O3/c21-15-6-7-17(22)16(12-15)18(23)20-10-8-19(9-11-20)13-14-4-2-1-3-5-14/h1-7,12,21-22H,8-11,13H2. The van der Waals surface area contributed by atoms with Gasteiger partial charge in [0.2, 0.25) is 0 Å². The summed E-state index contributed by atoms with van der Waals surface area (Å²) in [6, 6.07) is 14.3. The molecule has 5 nitrogen and oxygen atoms in total. The summed E-state index contributed by atoms with van der Waals surface area (Å²) in [5.41, 5.74) is 1.42. The van der Waals surface area contributed by atoms with Crippen LogP contribution in [-0.4, -0.2) is 52.1 Å². The molecule has 0 unspecified atom stereocenters. The number of aromatic hydroxyl groups is 2. The minimum absolute atomic E-state index is 0.0196. The van der Waals surface area contributed by atoms with Crippen molar-refractivity contribution in [2.24, 2.45) is 0 Å². The van der Waals surface area contributed by atoms with Crippen molar-refractivity contribution in [2.45, 2.75) is 6.54 Å². The lowest BCUT2D eigenvalue weighted by molar-refractivity contribution is 0.0625. The van der Waals surface area contributed by atoms with Crippen LogP contribution in [0.15, 0.2) is 48.5 Å². The maximum absolute atomic E-state index is 12.5. The van der Waals surface area contributed by atoms with Gasteiger partial charge >= 0.3 is 0 Å². The Morgan fingerprint density at radius 2 is 1.65 bits per heavy atom. The predicted octanol–water partition coefficient (Wildman–Crippen LogP) is 2.06. The molecule has 0 radical (unpaired) electrons. The van der Waals surface area contributed by atoms with Gasteiger partial charge in [-0.3, -0.25) is 9.69 Å². The van der Waals surface area contributed by atoms with E-state index >= 15 is 0 Å². The number of carbonyl (C=O) groups is 1. The van der Waals surface area contributed by atoms with E-state index in [-0.39, 0.29) is 23.0 Å². The maximum atomic E-state index is 12.5. The van der Waals surface area contributed by atoms with Crippen LogP contribution in [0.25, 0.3) is 0 Å². The molecule has 1 aliphatic rings. The first kappa shape index (κ1) is 15.4. The monoisotopic (exact) mass is 312 g/mol. The van der Waals surface area contributed by atoms with Crippen LogP contribution in [0, 0.1) is 0 Å². The van der Waals surface area contributed by atoms with Crippen molar-refractivity contribution in [3.05, 3.63) is 59.7 Å². The Labute approximate surface area is 135 Å². The third kappa shape index (κ3) is 3.63. The molecule has 3 rings (SSSR count). The average molecular weight is 312 g/mol. The number of carbonyl (C=O) groups excluding carboxylic acids is 1. The Bertz CT molecular complexity index is 680. The summed E-state index contributed by atoms with van der Waals surface area (Å²) >= 11 is 0.